The number of aromatic nitrogens is 2. The van der Waals surface area contributed by atoms with Crippen molar-refractivity contribution in [2.75, 3.05) is 0 Å². The van der Waals surface area contributed by atoms with E-state index in [0.29, 0.717) is 0 Å². The molecule has 0 amide bonds. The lowest BCUT2D eigenvalue weighted by Crippen LogP contribution is -2.19. The maximum atomic E-state index is 13.3. The average molecular weight is 337 g/mol. The van der Waals surface area contributed by atoms with Crippen LogP contribution in [0.3, 0.4) is 0 Å². The maximum Gasteiger partial charge on any atom is 0.159 e. The quantitative estimate of drug-likeness (QED) is 0.630. The van der Waals surface area contributed by atoms with Gasteiger partial charge in [0, 0.05) is 17.7 Å². The van der Waals surface area contributed by atoms with Crippen molar-refractivity contribution in [1.82, 2.24) is 9.78 Å². The van der Waals surface area contributed by atoms with E-state index in [-0.39, 0.29) is 17.7 Å². The monoisotopic (exact) mass is 337 g/mol. The number of fused-ring (bicyclic) bond motifs is 1. The number of halogens is 2. The Hall–Kier alpha value is -2.82. The SMILES string of the molecule is CC1=Nc2c(-c3ccc(F)cc3)c(C)nn2C(c2ccc(F)cc2)C1. The van der Waals surface area contributed by atoms with Crippen LogP contribution < -0.4 is 0 Å². The van der Waals surface area contributed by atoms with Gasteiger partial charge in [-0.2, -0.15) is 5.10 Å². The largest absolute Gasteiger partial charge is 0.239 e. The van der Waals surface area contributed by atoms with Gasteiger partial charge >= 0.3 is 0 Å². The van der Waals surface area contributed by atoms with Gasteiger partial charge in [0.2, 0.25) is 0 Å². The van der Waals surface area contributed by atoms with Gasteiger partial charge in [-0.25, -0.2) is 18.5 Å². The van der Waals surface area contributed by atoms with Crippen molar-refractivity contribution >= 4 is 11.5 Å². The molecule has 1 aliphatic heterocycles. The Kier molecular flexibility index (Phi) is 3.71. The molecule has 0 fully saturated rings. The Morgan fingerprint density at radius 3 is 2.16 bits per heavy atom. The van der Waals surface area contributed by atoms with Gasteiger partial charge in [-0.3, -0.25) is 0 Å². The molecule has 0 saturated carbocycles. The first kappa shape index (κ1) is 15.7. The van der Waals surface area contributed by atoms with Crippen molar-refractivity contribution in [1.29, 1.82) is 0 Å². The van der Waals surface area contributed by atoms with Gasteiger partial charge in [-0.15, -0.1) is 0 Å². The molecule has 0 N–H and O–H groups in total. The molecule has 1 atom stereocenters. The Morgan fingerprint density at radius 1 is 0.920 bits per heavy atom. The number of rotatable bonds is 2. The number of benzene rings is 2. The standard InChI is InChI=1S/C20H17F2N3/c1-12-11-18(14-3-7-16(21)8-4-14)25-20(23-12)19(13(2)24-25)15-5-9-17(22)10-6-15/h3-10,18H,11H2,1-2H3. The van der Waals surface area contributed by atoms with Crippen LogP contribution in [0.25, 0.3) is 11.1 Å². The van der Waals surface area contributed by atoms with E-state index >= 15 is 0 Å². The topological polar surface area (TPSA) is 30.2 Å². The second-order valence-electron chi connectivity index (χ2n) is 6.35. The number of nitrogens with zero attached hydrogens (tertiary/aromatic N) is 3. The zero-order valence-electron chi connectivity index (χ0n) is 14.0. The van der Waals surface area contributed by atoms with Crippen LogP contribution in [0.5, 0.6) is 0 Å². The average Bonchev–Trinajstić information content (AvgIpc) is 2.92. The molecule has 3 nitrogen and oxygen atoms in total. The van der Waals surface area contributed by atoms with Crippen LogP contribution in [0.15, 0.2) is 53.5 Å². The summed E-state index contributed by atoms with van der Waals surface area (Å²) in [5.74, 6) is 0.238. The van der Waals surface area contributed by atoms with Crippen molar-refractivity contribution in [2.45, 2.75) is 26.3 Å². The first-order chi connectivity index (χ1) is 12.0. The Labute approximate surface area is 144 Å². The van der Waals surface area contributed by atoms with Crippen LogP contribution in [0, 0.1) is 18.6 Å². The van der Waals surface area contributed by atoms with Crippen LogP contribution >= 0.6 is 0 Å². The van der Waals surface area contributed by atoms with Gasteiger partial charge in [-0.1, -0.05) is 24.3 Å². The third-order valence-electron chi connectivity index (χ3n) is 4.53. The highest BCUT2D eigenvalue weighted by atomic mass is 19.1. The fourth-order valence-corrected chi connectivity index (χ4v) is 3.35. The van der Waals surface area contributed by atoms with Crippen LogP contribution in [-0.4, -0.2) is 15.5 Å². The molecule has 0 aliphatic carbocycles. The van der Waals surface area contributed by atoms with E-state index in [1.54, 1.807) is 24.3 Å². The summed E-state index contributed by atoms with van der Waals surface area (Å²) >= 11 is 0. The number of aryl methyl sites for hydroxylation is 1. The van der Waals surface area contributed by atoms with Crippen molar-refractivity contribution < 1.29 is 8.78 Å². The van der Waals surface area contributed by atoms with Gasteiger partial charge in [0.25, 0.3) is 0 Å². The zero-order chi connectivity index (χ0) is 17.6. The third-order valence-corrected chi connectivity index (χ3v) is 4.53. The molecule has 1 aliphatic rings. The number of hydrogen-bond acceptors (Lipinski definition) is 2. The summed E-state index contributed by atoms with van der Waals surface area (Å²) in [7, 11) is 0. The van der Waals surface area contributed by atoms with Gasteiger partial charge in [0.1, 0.15) is 11.6 Å². The van der Waals surface area contributed by atoms with Crippen LogP contribution in [0.4, 0.5) is 14.6 Å². The maximum absolute atomic E-state index is 13.3. The lowest BCUT2D eigenvalue weighted by Gasteiger charge is -2.24. The lowest BCUT2D eigenvalue weighted by molar-refractivity contribution is 0.526. The van der Waals surface area contributed by atoms with E-state index in [9.17, 15) is 8.78 Å². The molecule has 2 aromatic carbocycles. The minimum absolute atomic E-state index is 0.0269. The lowest BCUT2D eigenvalue weighted by atomic mass is 9.99. The molecule has 25 heavy (non-hydrogen) atoms. The first-order valence-electron chi connectivity index (χ1n) is 8.17. The molecule has 5 heteroatoms. The smallest absolute Gasteiger partial charge is 0.159 e. The molecular formula is C20H17F2N3. The van der Waals surface area contributed by atoms with E-state index in [1.807, 2.05) is 18.5 Å². The highest BCUT2D eigenvalue weighted by molar-refractivity contribution is 5.90. The van der Waals surface area contributed by atoms with E-state index < -0.39 is 0 Å². The minimum atomic E-state index is -0.272. The molecular weight excluding hydrogens is 320 g/mol. The fourth-order valence-electron chi connectivity index (χ4n) is 3.35. The second-order valence-corrected chi connectivity index (χ2v) is 6.35. The van der Waals surface area contributed by atoms with Gasteiger partial charge in [-0.05, 0) is 49.2 Å². The summed E-state index contributed by atoms with van der Waals surface area (Å²) in [4.78, 5) is 4.71. The summed E-state index contributed by atoms with van der Waals surface area (Å²) in [6.07, 6.45) is 0.725. The zero-order valence-corrected chi connectivity index (χ0v) is 14.0. The summed E-state index contributed by atoms with van der Waals surface area (Å²) in [5.41, 5.74) is 4.62. The molecule has 3 aromatic rings. The Balaban J connectivity index is 1.87. The predicted molar refractivity (Wildman–Crippen MR) is 94.3 cm³/mol. The van der Waals surface area contributed by atoms with Crippen molar-refractivity contribution in [3.8, 4) is 11.1 Å². The normalized spacial score (nSPS) is 16.5. The van der Waals surface area contributed by atoms with Crippen molar-refractivity contribution in [3.05, 3.63) is 71.4 Å². The number of hydrogen-bond donors (Lipinski definition) is 0. The highest BCUT2D eigenvalue weighted by Crippen LogP contribution is 2.40. The van der Waals surface area contributed by atoms with Gasteiger partial charge in [0.15, 0.2) is 5.82 Å². The highest BCUT2D eigenvalue weighted by Gasteiger charge is 2.27. The van der Waals surface area contributed by atoms with E-state index in [0.717, 1.165) is 40.3 Å². The van der Waals surface area contributed by atoms with Crippen LogP contribution in [0.1, 0.15) is 30.6 Å². The molecule has 4 rings (SSSR count). The summed E-state index contributed by atoms with van der Waals surface area (Å²) in [6.45, 7) is 3.91. The molecule has 126 valence electrons. The van der Waals surface area contributed by atoms with Gasteiger partial charge in [0.05, 0.1) is 11.7 Å². The van der Waals surface area contributed by atoms with E-state index in [1.165, 1.54) is 24.3 Å². The van der Waals surface area contributed by atoms with Crippen LogP contribution in [-0.2, 0) is 0 Å². The van der Waals surface area contributed by atoms with Crippen molar-refractivity contribution in [2.24, 2.45) is 4.99 Å². The number of aliphatic imine (C=N–C) groups is 1. The fraction of sp³-hybridized carbons (Fsp3) is 0.200. The van der Waals surface area contributed by atoms with Crippen molar-refractivity contribution in [3.63, 3.8) is 0 Å². The Morgan fingerprint density at radius 2 is 1.52 bits per heavy atom. The predicted octanol–water partition coefficient (Wildman–Crippen LogP) is 5.22. The molecule has 0 bridgehead atoms. The summed E-state index contributed by atoms with van der Waals surface area (Å²) in [6, 6.07) is 12.8. The molecule has 2 heterocycles. The Bertz CT molecular complexity index is 954. The molecule has 1 unspecified atom stereocenters. The van der Waals surface area contributed by atoms with E-state index in [4.69, 9.17) is 4.99 Å². The van der Waals surface area contributed by atoms with Gasteiger partial charge < -0.3 is 0 Å². The van der Waals surface area contributed by atoms with Crippen LogP contribution in [0.2, 0.25) is 0 Å². The summed E-state index contributed by atoms with van der Waals surface area (Å²) in [5, 5.41) is 4.69. The second kappa shape index (κ2) is 5.92. The summed E-state index contributed by atoms with van der Waals surface area (Å²) < 4.78 is 28.4. The first-order valence-corrected chi connectivity index (χ1v) is 8.17. The minimum Gasteiger partial charge on any atom is -0.239 e. The molecule has 0 saturated heterocycles. The third kappa shape index (κ3) is 2.76. The van der Waals surface area contributed by atoms with E-state index in [2.05, 4.69) is 5.10 Å². The molecule has 1 aromatic heterocycles. The molecule has 0 spiro atoms. The molecule has 0 radical (unpaired) electrons.